The van der Waals surface area contributed by atoms with Crippen LogP contribution < -0.4 is 43.0 Å². The number of carbonyl (C=O) groups is 9. The highest BCUT2D eigenvalue weighted by atomic mass is 16.4. The van der Waals surface area contributed by atoms with Crippen LogP contribution in [0, 0.1) is 11.8 Å². The Balaban J connectivity index is 1.52. The van der Waals surface area contributed by atoms with Gasteiger partial charge in [0.15, 0.2) is 0 Å². The molecule has 3 aromatic rings. The van der Waals surface area contributed by atoms with Gasteiger partial charge in [-0.1, -0.05) is 58.0 Å². The molecule has 1 aliphatic heterocycles. The number of aliphatic hydroxyl groups is 2. The SMILES string of the molecule is CC(C)C[C@H](NC(=O)[C@@H](NC(=O)[C@H](Cc1ccc(O)cc1)NC(=O)[C@H](C)NC(=O)[C@H](Cc1c[nH]c2ccccc12)NC(=O)[C@H](CO)NC(=O)[C@@H](N)[C@@H](C)O)C(C)C)C(=O)NCC(=O)N1CCC[C@H]1C(=O)O. The van der Waals surface area contributed by atoms with Crippen LogP contribution in [-0.4, -0.2) is 158 Å². The average Bonchev–Trinajstić information content (AvgIpc) is 3.99. The number of carboxylic acid groups (broad SMARTS) is 1. The van der Waals surface area contributed by atoms with E-state index in [1.165, 1.54) is 43.0 Å². The Morgan fingerprint density at radius 2 is 1.31 bits per heavy atom. The third kappa shape index (κ3) is 16.2. The first-order valence-electron chi connectivity index (χ1n) is 23.5. The van der Waals surface area contributed by atoms with Gasteiger partial charge in [-0.3, -0.25) is 38.4 Å². The molecule has 0 bridgehead atoms. The predicted molar refractivity (Wildman–Crippen MR) is 257 cm³/mol. The first kappa shape index (κ1) is 56.5. The Bertz CT molecular complexity index is 2370. The fraction of sp³-hybridized carbons (Fsp3) is 0.521. The summed E-state index contributed by atoms with van der Waals surface area (Å²) < 4.78 is 0. The number of aromatic hydroxyl groups is 1. The number of likely N-dealkylation sites (tertiary alicyclic amines) is 1. The van der Waals surface area contributed by atoms with E-state index in [9.17, 15) is 63.6 Å². The van der Waals surface area contributed by atoms with Gasteiger partial charge in [0.1, 0.15) is 54.1 Å². The summed E-state index contributed by atoms with van der Waals surface area (Å²) in [4.78, 5) is 125. The molecule has 4 rings (SSSR count). The van der Waals surface area contributed by atoms with Gasteiger partial charge in [-0.25, -0.2) is 4.79 Å². The summed E-state index contributed by atoms with van der Waals surface area (Å²) in [5, 5.41) is 57.8. The minimum Gasteiger partial charge on any atom is -0.508 e. The first-order valence-corrected chi connectivity index (χ1v) is 23.5. The zero-order chi connectivity index (χ0) is 52.7. The largest absolute Gasteiger partial charge is 0.508 e. The quantitative estimate of drug-likeness (QED) is 0.0445. The molecule has 2 aromatic carbocycles. The molecule has 0 radical (unpaired) electrons. The van der Waals surface area contributed by atoms with Crippen LogP contribution in [-0.2, 0) is 56.0 Å². The maximum atomic E-state index is 14.2. The number of amides is 8. The molecule has 1 saturated heterocycles. The number of aliphatic carboxylic acids is 1. The maximum Gasteiger partial charge on any atom is 0.326 e. The molecule has 14 N–H and O–H groups in total. The van der Waals surface area contributed by atoms with Crippen LogP contribution in [0.1, 0.15) is 71.9 Å². The van der Waals surface area contributed by atoms with Crippen molar-refractivity contribution in [3.63, 3.8) is 0 Å². The third-order valence-corrected chi connectivity index (χ3v) is 12.0. The smallest absolute Gasteiger partial charge is 0.326 e. The second-order valence-corrected chi connectivity index (χ2v) is 18.5. The van der Waals surface area contributed by atoms with Crippen molar-refractivity contribution in [1.29, 1.82) is 0 Å². The summed E-state index contributed by atoms with van der Waals surface area (Å²) in [6, 6.07) is 2.30. The lowest BCUT2D eigenvalue weighted by molar-refractivity contribution is -0.148. The van der Waals surface area contributed by atoms with Crippen LogP contribution in [0.3, 0.4) is 0 Å². The van der Waals surface area contributed by atoms with Crippen molar-refractivity contribution in [2.24, 2.45) is 17.6 Å². The molecule has 0 spiro atoms. The number of aliphatic hydroxyl groups excluding tert-OH is 2. The van der Waals surface area contributed by atoms with Gasteiger partial charge in [0.05, 0.1) is 19.3 Å². The summed E-state index contributed by atoms with van der Waals surface area (Å²) in [6.45, 7) is 8.33. The number of rotatable bonds is 25. The Morgan fingerprint density at radius 3 is 1.93 bits per heavy atom. The number of hydrogen-bond acceptors (Lipinski definition) is 13. The van der Waals surface area contributed by atoms with E-state index < -0.39 is 127 Å². The number of phenolic OH excluding ortho intramolecular Hbond substituents is 1. The van der Waals surface area contributed by atoms with E-state index in [1.54, 1.807) is 44.3 Å². The van der Waals surface area contributed by atoms with Gasteiger partial charge in [0.2, 0.25) is 47.3 Å². The summed E-state index contributed by atoms with van der Waals surface area (Å²) in [5.74, 6) is -8.44. The monoisotopic (exact) mass is 992 g/mol. The van der Waals surface area contributed by atoms with Crippen LogP contribution in [0.4, 0.5) is 0 Å². The maximum absolute atomic E-state index is 14.2. The number of nitrogens with one attached hydrogen (secondary N) is 8. The number of benzene rings is 2. The molecule has 71 heavy (non-hydrogen) atoms. The predicted octanol–water partition coefficient (Wildman–Crippen LogP) is -1.82. The highest BCUT2D eigenvalue weighted by Crippen LogP contribution is 2.20. The summed E-state index contributed by atoms with van der Waals surface area (Å²) in [5.41, 5.74) is 7.51. The Labute approximate surface area is 410 Å². The number of carboxylic acids is 1. The molecule has 9 atom stereocenters. The van der Waals surface area contributed by atoms with Gasteiger partial charge >= 0.3 is 5.97 Å². The molecule has 8 amide bonds. The topological polar surface area (TPSA) is 364 Å². The lowest BCUT2D eigenvalue weighted by Crippen LogP contribution is -2.61. The van der Waals surface area contributed by atoms with E-state index in [0.29, 0.717) is 17.5 Å². The normalized spacial score (nSPS) is 16.9. The van der Waals surface area contributed by atoms with Crippen molar-refractivity contribution in [2.75, 3.05) is 19.7 Å². The zero-order valence-corrected chi connectivity index (χ0v) is 40.7. The Hall–Kier alpha value is -7.11. The average molecular weight is 993 g/mol. The first-order chi connectivity index (χ1) is 33.5. The van der Waals surface area contributed by atoms with E-state index in [-0.39, 0.29) is 43.9 Å². The van der Waals surface area contributed by atoms with E-state index in [0.717, 1.165) is 10.9 Å². The molecule has 1 aromatic heterocycles. The molecular formula is C48H68N10O13. The van der Waals surface area contributed by atoms with E-state index in [1.807, 2.05) is 13.8 Å². The number of para-hydroxylation sites is 1. The van der Waals surface area contributed by atoms with Crippen LogP contribution in [0.15, 0.2) is 54.7 Å². The van der Waals surface area contributed by atoms with E-state index >= 15 is 0 Å². The number of fused-ring (bicyclic) bond motifs is 1. The van der Waals surface area contributed by atoms with Gasteiger partial charge in [-0.15, -0.1) is 0 Å². The van der Waals surface area contributed by atoms with Crippen LogP contribution in [0.5, 0.6) is 5.75 Å². The fourth-order valence-corrected chi connectivity index (χ4v) is 7.90. The molecule has 1 aliphatic rings. The van der Waals surface area contributed by atoms with Crippen molar-refractivity contribution in [3.8, 4) is 5.75 Å². The van der Waals surface area contributed by atoms with E-state index in [2.05, 4.69) is 42.2 Å². The number of phenols is 1. The second kappa shape index (κ2) is 26.2. The molecule has 23 heteroatoms. The zero-order valence-electron chi connectivity index (χ0n) is 40.7. The number of H-pyrrole nitrogens is 1. The number of aromatic nitrogens is 1. The highest BCUT2D eigenvalue weighted by Gasteiger charge is 2.37. The van der Waals surface area contributed by atoms with E-state index in [4.69, 9.17) is 5.73 Å². The second-order valence-electron chi connectivity index (χ2n) is 18.5. The molecule has 0 unspecified atom stereocenters. The summed E-state index contributed by atoms with van der Waals surface area (Å²) >= 11 is 0. The summed E-state index contributed by atoms with van der Waals surface area (Å²) in [7, 11) is 0. The van der Waals surface area contributed by atoms with Gasteiger partial charge in [-0.2, -0.15) is 0 Å². The Morgan fingerprint density at radius 1 is 0.718 bits per heavy atom. The molecule has 388 valence electrons. The fourth-order valence-electron chi connectivity index (χ4n) is 7.90. The van der Waals surface area contributed by atoms with Crippen LogP contribution in [0.2, 0.25) is 0 Å². The molecular weight excluding hydrogens is 925 g/mol. The minimum absolute atomic E-state index is 0.0678. The number of nitrogens with two attached hydrogens (primary N) is 1. The molecule has 23 nitrogen and oxygen atoms in total. The van der Waals surface area contributed by atoms with Crippen molar-refractivity contribution in [3.05, 3.63) is 65.9 Å². The number of carbonyl (C=O) groups excluding carboxylic acids is 8. The third-order valence-electron chi connectivity index (χ3n) is 12.0. The summed E-state index contributed by atoms with van der Waals surface area (Å²) in [6.07, 6.45) is 0.967. The van der Waals surface area contributed by atoms with Gasteiger partial charge < -0.3 is 73.3 Å². The van der Waals surface area contributed by atoms with Gasteiger partial charge in [0.25, 0.3) is 0 Å². The lowest BCUT2D eigenvalue weighted by Gasteiger charge is -2.29. The van der Waals surface area contributed by atoms with Gasteiger partial charge in [-0.05, 0) is 74.3 Å². The molecule has 1 fully saturated rings. The van der Waals surface area contributed by atoms with Gasteiger partial charge in [0, 0.05) is 36.5 Å². The van der Waals surface area contributed by atoms with Crippen molar-refractivity contribution in [1.82, 2.24) is 47.1 Å². The molecule has 0 saturated carbocycles. The molecule has 2 heterocycles. The number of hydrogen-bond donors (Lipinski definition) is 13. The van der Waals surface area contributed by atoms with Crippen molar-refractivity contribution >= 4 is 64.1 Å². The Kier molecular flexibility index (Phi) is 20.8. The van der Waals surface area contributed by atoms with Crippen LogP contribution >= 0.6 is 0 Å². The molecule has 0 aliphatic carbocycles. The van der Waals surface area contributed by atoms with Crippen molar-refractivity contribution in [2.45, 2.75) is 128 Å². The minimum atomic E-state index is -1.59. The van der Waals surface area contributed by atoms with Crippen molar-refractivity contribution < 1.29 is 63.6 Å². The van der Waals surface area contributed by atoms with Crippen LogP contribution in [0.25, 0.3) is 10.9 Å². The standard InChI is InChI=1S/C48H68N10O13/c1-24(2)18-33(42(64)51-22-38(62)58-17-9-12-37(58)48(70)71)55-47(69)40(25(3)4)57-44(66)34(19-28-13-15-30(61)16-14-28)53-41(63)26(5)52-43(65)35(20-29-21-50-32-11-8-7-10-31(29)32)54-45(67)36(23-59)56-46(68)39(49)27(6)60/h7-8,10-11,13-16,21,24-27,33-37,39-40,50,59-61H,9,12,17-20,22-23,49H2,1-6H3,(H,51,64)(H,52,65)(H,53,63)(H,54,67)(H,55,69)(H,56,68)(H,57,66)(H,70,71)/t26-,27+,33-,34-,35-,36-,37-,39-,40-/m0/s1. The number of aromatic amines is 1. The lowest BCUT2D eigenvalue weighted by atomic mass is 9.98. The highest BCUT2D eigenvalue weighted by molar-refractivity contribution is 5.98. The number of nitrogens with zero attached hydrogens (tertiary/aromatic N) is 1.